The summed E-state index contributed by atoms with van der Waals surface area (Å²) in [7, 11) is 1.58. The van der Waals surface area contributed by atoms with Crippen molar-refractivity contribution in [3.8, 4) is 5.75 Å². The lowest BCUT2D eigenvalue weighted by molar-refractivity contribution is -0.119. The van der Waals surface area contributed by atoms with Gasteiger partial charge in [0.25, 0.3) is 11.8 Å². The van der Waals surface area contributed by atoms with Crippen molar-refractivity contribution < 1.29 is 14.3 Å². The molecule has 0 bridgehead atoms. The summed E-state index contributed by atoms with van der Waals surface area (Å²) in [4.78, 5) is 26.0. The molecule has 0 spiro atoms. The molecule has 3 rings (SSSR count). The molecular weight excluding hydrogens is 290 g/mol. The first-order valence-corrected chi connectivity index (χ1v) is 7.11. The van der Waals surface area contributed by atoms with Crippen molar-refractivity contribution >= 4 is 29.2 Å². The van der Waals surface area contributed by atoms with Gasteiger partial charge in [0.1, 0.15) is 5.75 Å². The topological polar surface area (TPSA) is 46.6 Å². The fourth-order valence-corrected chi connectivity index (χ4v) is 2.45. The molecule has 0 radical (unpaired) electrons. The van der Waals surface area contributed by atoms with Crippen LogP contribution < -0.4 is 9.64 Å². The summed E-state index contributed by atoms with van der Waals surface area (Å²) in [6.07, 6.45) is 3.07. The lowest BCUT2D eigenvalue weighted by atomic mass is 10.1. The monoisotopic (exact) mass is 305 g/mol. The molecule has 0 saturated heterocycles. The van der Waals surface area contributed by atoms with E-state index in [0.717, 1.165) is 5.56 Å². The zero-order valence-corrected chi connectivity index (χ0v) is 12.7. The van der Waals surface area contributed by atoms with Gasteiger partial charge in [-0.3, -0.25) is 9.59 Å². The summed E-state index contributed by atoms with van der Waals surface area (Å²) in [6.45, 7) is 3.69. The van der Waals surface area contributed by atoms with Crippen LogP contribution in [0.15, 0.2) is 61.2 Å². The van der Waals surface area contributed by atoms with E-state index in [4.69, 9.17) is 4.74 Å². The van der Waals surface area contributed by atoms with Gasteiger partial charge in [0.2, 0.25) is 0 Å². The SMILES string of the molecule is C=Cc1ccc(N2C(=O)C=C(c3ccc(OC)cc3)C2=O)cc1. The summed E-state index contributed by atoms with van der Waals surface area (Å²) in [5, 5.41) is 0. The van der Waals surface area contributed by atoms with E-state index < -0.39 is 0 Å². The van der Waals surface area contributed by atoms with Gasteiger partial charge in [-0.05, 0) is 35.4 Å². The fraction of sp³-hybridized carbons (Fsp3) is 0.0526. The minimum Gasteiger partial charge on any atom is -0.497 e. The molecule has 0 unspecified atom stereocenters. The summed E-state index contributed by atoms with van der Waals surface area (Å²) in [5.74, 6) is 0.0293. The average Bonchev–Trinajstić information content (AvgIpc) is 2.89. The Morgan fingerprint density at radius 2 is 1.65 bits per heavy atom. The largest absolute Gasteiger partial charge is 0.497 e. The number of nitrogens with zero attached hydrogens (tertiary/aromatic N) is 1. The predicted octanol–water partition coefficient (Wildman–Crippen LogP) is 3.30. The molecule has 4 heteroatoms. The lowest BCUT2D eigenvalue weighted by Crippen LogP contribution is -2.30. The maximum absolute atomic E-state index is 12.6. The number of methoxy groups -OCH3 is 1. The number of carbonyl (C=O) groups is 2. The quantitative estimate of drug-likeness (QED) is 0.814. The van der Waals surface area contributed by atoms with Crippen LogP contribution in [-0.4, -0.2) is 18.9 Å². The van der Waals surface area contributed by atoms with Crippen LogP contribution >= 0.6 is 0 Å². The highest BCUT2D eigenvalue weighted by Gasteiger charge is 2.32. The molecule has 4 nitrogen and oxygen atoms in total. The van der Waals surface area contributed by atoms with Gasteiger partial charge >= 0.3 is 0 Å². The Morgan fingerprint density at radius 1 is 1.00 bits per heavy atom. The van der Waals surface area contributed by atoms with Crippen LogP contribution in [0.4, 0.5) is 5.69 Å². The highest BCUT2D eigenvalue weighted by Crippen LogP contribution is 2.29. The van der Waals surface area contributed by atoms with Gasteiger partial charge in [0, 0.05) is 6.08 Å². The Morgan fingerprint density at radius 3 is 2.22 bits per heavy atom. The second-order valence-corrected chi connectivity index (χ2v) is 5.06. The Kier molecular flexibility index (Phi) is 3.81. The van der Waals surface area contributed by atoms with Gasteiger partial charge in [0.15, 0.2) is 0 Å². The summed E-state index contributed by atoms with van der Waals surface area (Å²) >= 11 is 0. The predicted molar refractivity (Wildman–Crippen MR) is 90.0 cm³/mol. The molecule has 0 saturated carbocycles. The number of rotatable bonds is 4. The minimum absolute atomic E-state index is 0.327. The van der Waals surface area contributed by atoms with Crippen molar-refractivity contribution in [3.05, 3.63) is 72.3 Å². The van der Waals surface area contributed by atoms with Crippen LogP contribution in [0, 0.1) is 0 Å². The van der Waals surface area contributed by atoms with E-state index in [1.54, 1.807) is 49.6 Å². The van der Waals surface area contributed by atoms with E-state index in [2.05, 4.69) is 6.58 Å². The van der Waals surface area contributed by atoms with Crippen molar-refractivity contribution in [1.82, 2.24) is 0 Å². The second kappa shape index (κ2) is 5.93. The highest BCUT2D eigenvalue weighted by molar-refractivity contribution is 6.43. The average molecular weight is 305 g/mol. The number of carbonyl (C=O) groups excluding carboxylic acids is 2. The van der Waals surface area contributed by atoms with Gasteiger partial charge in [-0.2, -0.15) is 0 Å². The zero-order chi connectivity index (χ0) is 16.4. The molecule has 2 aromatic carbocycles. The third kappa shape index (κ3) is 2.66. The smallest absolute Gasteiger partial charge is 0.266 e. The molecule has 0 aliphatic carbocycles. The molecule has 23 heavy (non-hydrogen) atoms. The van der Waals surface area contributed by atoms with Crippen molar-refractivity contribution in [2.24, 2.45) is 0 Å². The van der Waals surface area contributed by atoms with E-state index in [1.165, 1.54) is 11.0 Å². The Hall–Kier alpha value is -3.14. The maximum atomic E-state index is 12.6. The summed E-state index contributed by atoms with van der Waals surface area (Å²) < 4.78 is 5.10. The number of ether oxygens (including phenoxy) is 1. The first-order valence-electron chi connectivity index (χ1n) is 7.11. The van der Waals surface area contributed by atoms with Crippen LogP contribution in [0.25, 0.3) is 11.6 Å². The van der Waals surface area contributed by atoms with E-state index in [9.17, 15) is 9.59 Å². The Bertz CT molecular complexity index is 802. The lowest BCUT2D eigenvalue weighted by Gasteiger charge is -2.15. The van der Waals surface area contributed by atoms with E-state index >= 15 is 0 Å². The third-order valence-corrected chi connectivity index (χ3v) is 3.71. The van der Waals surface area contributed by atoms with Crippen LogP contribution in [0.1, 0.15) is 11.1 Å². The molecule has 0 fully saturated rings. The Balaban J connectivity index is 1.90. The van der Waals surface area contributed by atoms with Crippen molar-refractivity contribution in [2.45, 2.75) is 0 Å². The minimum atomic E-state index is -0.341. The molecular formula is C19H15NO3. The fourth-order valence-electron chi connectivity index (χ4n) is 2.45. The first-order chi connectivity index (χ1) is 11.1. The standard InChI is InChI=1S/C19H15NO3/c1-3-13-4-8-15(9-5-13)20-18(21)12-17(19(20)22)14-6-10-16(23-2)11-7-14/h3-12H,1H2,2H3. The number of anilines is 1. The summed E-state index contributed by atoms with van der Waals surface area (Å²) in [5.41, 5.74) is 2.54. The van der Waals surface area contributed by atoms with Crippen molar-refractivity contribution in [1.29, 1.82) is 0 Å². The molecule has 1 aliphatic rings. The third-order valence-electron chi connectivity index (χ3n) is 3.71. The molecule has 0 N–H and O–H groups in total. The van der Waals surface area contributed by atoms with Gasteiger partial charge in [0.05, 0.1) is 18.4 Å². The summed E-state index contributed by atoms with van der Waals surface area (Å²) in [6, 6.07) is 14.1. The van der Waals surface area contributed by atoms with Crippen LogP contribution in [-0.2, 0) is 9.59 Å². The number of hydrogen-bond donors (Lipinski definition) is 0. The maximum Gasteiger partial charge on any atom is 0.266 e. The first kappa shape index (κ1) is 14.8. The van der Waals surface area contributed by atoms with Gasteiger partial charge in [-0.15, -0.1) is 0 Å². The molecule has 1 aliphatic heterocycles. The molecule has 0 aromatic heterocycles. The van der Waals surface area contributed by atoms with Gasteiger partial charge < -0.3 is 4.74 Å². The molecule has 0 atom stereocenters. The number of hydrogen-bond acceptors (Lipinski definition) is 3. The normalized spacial score (nSPS) is 14.0. The highest BCUT2D eigenvalue weighted by atomic mass is 16.5. The van der Waals surface area contributed by atoms with Crippen LogP contribution in [0.3, 0.4) is 0 Å². The zero-order valence-electron chi connectivity index (χ0n) is 12.7. The van der Waals surface area contributed by atoms with Gasteiger partial charge in [-0.1, -0.05) is 36.9 Å². The molecule has 2 amide bonds. The number of imide groups is 1. The number of amides is 2. The van der Waals surface area contributed by atoms with Crippen LogP contribution in [0.5, 0.6) is 5.75 Å². The van der Waals surface area contributed by atoms with Crippen LogP contribution in [0.2, 0.25) is 0 Å². The van der Waals surface area contributed by atoms with Crippen molar-refractivity contribution in [2.75, 3.05) is 12.0 Å². The van der Waals surface area contributed by atoms with E-state index in [0.29, 0.717) is 22.6 Å². The molecule has 114 valence electrons. The number of benzene rings is 2. The van der Waals surface area contributed by atoms with E-state index in [-0.39, 0.29) is 11.8 Å². The Labute approximate surface area is 134 Å². The molecule has 1 heterocycles. The van der Waals surface area contributed by atoms with E-state index in [1.807, 2.05) is 12.1 Å². The molecule has 2 aromatic rings. The van der Waals surface area contributed by atoms with Crippen molar-refractivity contribution in [3.63, 3.8) is 0 Å². The van der Waals surface area contributed by atoms with Gasteiger partial charge in [-0.25, -0.2) is 4.90 Å². The second-order valence-electron chi connectivity index (χ2n) is 5.06.